The second kappa shape index (κ2) is 8.92. The Morgan fingerprint density at radius 2 is 1.78 bits per heavy atom. The van der Waals surface area contributed by atoms with Crippen molar-refractivity contribution in [2.24, 2.45) is 5.92 Å². The lowest BCUT2D eigenvalue weighted by molar-refractivity contribution is 0.256. The molecule has 1 rings (SSSR count). The fourth-order valence-electron chi connectivity index (χ4n) is 3.28. The molecule has 0 saturated heterocycles. The first-order valence-electron chi connectivity index (χ1n) is 8.17. The molecule has 0 aromatic heterocycles. The first kappa shape index (κ1) is 16.0. The molecule has 2 heteroatoms. The van der Waals surface area contributed by atoms with Gasteiger partial charge in [-0.1, -0.05) is 40.0 Å². The third-order valence-corrected chi connectivity index (χ3v) is 4.61. The van der Waals surface area contributed by atoms with Crippen molar-refractivity contribution >= 4 is 0 Å². The topological polar surface area (TPSA) is 15.3 Å². The maximum Gasteiger partial charge on any atom is 0.0169 e. The molecule has 1 aliphatic rings. The summed E-state index contributed by atoms with van der Waals surface area (Å²) in [4.78, 5) is 2.52. The molecule has 18 heavy (non-hydrogen) atoms. The maximum absolute atomic E-state index is 3.86. The van der Waals surface area contributed by atoms with Crippen LogP contribution in [0, 0.1) is 5.92 Å². The lowest BCUT2D eigenvalue weighted by atomic mass is 9.98. The van der Waals surface area contributed by atoms with E-state index < -0.39 is 0 Å². The SMILES string of the molecule is CCC1CCCC(NC(C)CN(CC)CC)CC1. The molecule has 0 heterocycles. The monoisotopic (exact) mass is 254 g/mol. The largest absolute Gasteiger partial charge is 0.310 e. The maximum atomic E-state index is 3.86. The van der Waals surface area contributed by atoms with Crippen LogP contribution in [0.4, 0.5) is 0 Å². The van der Waals surface area contributed by atoms with Crippen LogP contribution in [0.3, 0.4) is 0 Å². The van der Waals surface area contributed by atoms with Crippen molar-refractivity contribution in [1.29, 1.82) is 0 Å². The number of nitrogens with one attached hydrogen (secondary N) is 1. The van der Waals surface area contributed by atoms with E-state index in [9.17, 15) is 0 Å². The molecule has 3 unspecified atom stereocenters. The Labute approximate surface area is 115 Å². The zero-order valence-corrected chi connectivity index (χ0v) is 13.0. The van der Waals surface area contributed by atoms with Crippen LogP contribution in [0.25, 0.3) is 0 Å². The van der Waals surface area contributed by atoms with E-state index in [1.807, 2.05) is 0 Å². The first-order valence-corrected chi connectivity index (χ1v) is 8.17. The molecule has 2 nitrogen and oxygen atoms in total. The second-order valence-electron chi connectivity index (χ2n) is 6.03. The smallest absolute Gasteiger partial charge is 0.0169 e. The van der Waals surface area contributed by atoms with Crippen LogP contribution < -0.4 is 5.32 Å². The summed E-state index contributed by atoms with van der Waals surface area (Å²) >= 11 is 0. The molecular formula is C16H34N2. The molecule has 0 spiro atoms. The highest BCUT2D eigenvalue weighted by Crippen LogP contribution is 2.25. The Bertz CT molecular complexity index is 201. The fourth-order valence-corrected chi connectivity index (χ4v) is 3.28. The van der Waals surface area contributed by atoms with Gasteiger partial charge in [-0.2, -0.15) is 0 Å². The number of hydrogen-bond donors (Lipinski definition) is 1. The highest BCUT2D eigenvalue weighted by atomic mass is 15.1. The van der Waals surface area contributed by atoms with Crippen LogP contribution in [0.2, 0.25) is 0 Å². The van der Waals surface area contributed by atoms with Gasteiger partial charge < -0.3 is 10.2 Å². The number of likely N-dealkylation sites (N-methyl/N-ethyl adjacent to an activating group) is 1. The van der Waals surface area contributed by atoms with E-state index in [1.54, 1.807) is 0 Å². The van der Waals surface area contributed by atoms with Gasteiger partial charge >= 0.3 is 0 Å². The average molecular weight is 254 g/mol. The van der Waals surface area contributed by atoms with Gasteiger partial charge in [-0.15, -0.1) is 0 Å². The molecule has 0 bridgehead atoms. The fraction of sp³-hybridized carbons (Fsp3) is 1.00. The Hall–Kier alpha value is -0.0800. The van der Waals surface area contributed by atoms with E-state index in [4.69, 9.17) is 0 Å². The molecule has 1 N–H and O–H groups in total. The summed E-state index contributed by atoms with van der Waals surface area (Å²) in [7, 11) is 0. The first-order chi connectivity index (χ1) is 8.69. The van der Waals surface area contributed by atoms with E-state index >= 15 is 0 Å². The highest BCUT2D eigenvalue weighted by molar-refractivity contribution is 4.78. The van der Waals surface area contributed by atoms with Gasteiger partial charge in [-0.3, -0.25) is 0 Å². The molecule has 108 valence electrons. The van der Waals surface area contributed by atoms with Gasteiger partial charge in [-0.05, 0) is 45.2 Å². The third kappa shape index (κ3) is 5.71. The summed E-state index contributed by atoms with van der Waals surface area (Å²) in [5.41, 5.74) is 0. The summed E-state index contributed by atoms with van der Waals surface area (Å²) in [5, 5.41) is 3.86. The molecule has 0 amide bonds. The van der Waals surface area contributed by atoms with Gasteiger partial charge in [0.25, 0.3) is 0 Å². The van der Waals surface area contributed by atoms with Crippen molar-refractivity contribution in [2.75, 3.05) is 19.6 Å². The van der Waals surface area contributed by atoms with Crippen LogP contribution in [-0.2, 0) is 0 Å². The van der Waals surface area contributed by atoms with Crippen LogP contribution in [0.15, 0.2) is 0 Å². The third-order valence-electron chi connectivity index (χ3n) is 4.61. The zero-order chi connectivity index (χ0) is 13.4. The predicted octanol–water partition coefficient (Wildman–Crippen LogP) is 3.67. The normalized spacial score (nSPS) is 27.2. The van der Waals surface area contributed by atoms with E-state index in [0.29, 0.717) is 6.04 Å². The minimum absolute atomic E-state index is 0.632. The van der Waals surface area contributed by atoms with Crippen LogP contribution in [0.1, 0.15) is 66.2 Å². The quantitative estimate of drug-likeness (QED) is 0.697. The summed E-state index contributed by atoms with van der Waals surface area (Å²) in [6.45, 7) is 12.8. The number of rotatable bonds is 7. The van der Waals surface area contributed by atoms with Crippen molar-refractivity contribution in [3.05, 3.63) is 0 Å². The standard InChI is InChI=1S/C16H34N2/c1-5-15-9-8-10-16(12-11-15)17-14(4)13-18(6-2)7-3/h14-17H,5-13H2,1-4H3. The van der Waals surface area contributed by atoms with Gasteiger partial charge in [-0.25, -0.2) is 0 Å². The van der Waals surface area contributed by atoms with Gasteiger partial charge in [0.15, 0.2) is 0 Å². The molecule has 1 aliphatic carbocycles. The molecular weight excluding hydrogens is 220 g/mol. The van der Waals surface area contributed by atoms with Gasteiger partial charge in [0.2, 0.25) is 0 Å². The number of hydrogen-bond acceptors (Lipinski definition) is 2. The lowest BCUT2D eigenvalue weighted by Crippen LogP contribution is -2.43. The minimum Gasteiger partial charge on any atom is -0.310 e. The van der Waals surface area contributed by atoms with Crippen LogP contribution in [0.5, 0.6) is 0 Å². The predicted molar refractivity (Wildman–Crippen MR) is 81.0 cm³/mol. The number of nitrogens with zero attached hydrogens (tertiary/aromatic N) is 1. The molecule has 0 aromatic rings. The van der Waals surface area contributed by atoms with Crippen molar-refractivity contribution in [1.82, 2.24) is 10.2 Å². The van der Waals surface area contributed by atoms with E-state index in [1.165, 1.54) is 58.2 Å². The van der Waals surface area contributed by atoms with Crippen molar-refractivity contribution in [2.45, 2.75) is 78.3 Å². The molecule has 0 aliphatic heterocycles. The molecule has 0 aromatic carbocycles. The van der Waals surface area contributed by atoms with Crippen LogP contribution >= 0.6 is 0 Å². The minimum atomic E-state index is 0.632. The second-order valence-corrected chi connectivity index (χ2v) is 6.03. The van der Waals surface area contributed by atoms with E-state index in [0.717, 1.165) is 12.0 Å². The zero-order valence-electron chi connectivity index (χ0n) is 13.0. The van der Waals surface area contributed by atoms with Crippen molar-refractivity contribution in [3.8, 4) is 0 Å². The Morgan fingerprint density at radius 3 is 2.39 bits per heavy atom. The summed E-state index contributed by atoms with van der Waals surface area (Å²) in [6, 6.07) is 1.40. The molecule has 0 radical (unpaired) electrons. The van der Waals surface area contributed by atoms with E-state index in [2.05, 4.69) is 37.9 Å². The summed E-state index contributed by atoms with van der Waals surface area (Å²) in [6.07, 6.45) is 8.47. The van der Waals surface area contributed by atoms with Crippen molar-refractivity contribution < 1.29 is 0 Å². The summed E-state index contributed by atoms with van der Waals surface area (Å²) in [5.74, 6) is 0.995. The van der Waals surface area contributed by atoms with Gasteiger partial charge in [0, 0.05) is 18.6 Å². The Morgan fingerprint density at radius 1 is 1.06 bits per heavy atom. The Kier molecular flexibility index (Phi) is 7.92. The summed E-state index contributed by atoms with van der Waals surface area (Å²) < 4.78 is 0. The highest BCUT2D eigenvalue weighted by Gasteiger charge is 2.19. The van der Waals surface area contributed by atoms with Crippen LogP contribution in [-0.4, -0.2) is 36.6 Å². The van der Waals surface area contributed by atoms with Gasteiger partial charge in [0.05, 0.1) is 0 Å². The van der Waals surface area contributed by atoms with Gasteiger partial charge in [0.1, 0.15) is 0 Å². The molecule has 1 saturated carbocycles. The van der Waals surface area contributed by atoms with Crippen molar-refractivity contribution in [3.63, 3.8) is 0 Å². The average Bonchev–Trinajstić information content (AvgIpc) is 2.61. The lowest BCUT2D eigenvalue weighted by Gasteiger charge is -2.27. The van der Waals surface area contributed by atoms with E-state index in [-0.39, 0.29) is 0 Å². The Balaban J connectivity index is 2.28. The molecule has 3 atom stereocenters. The molecule has 1 fully saturated rings.